The Morgan fingerprint density at radius 2 is 2.29 bits per heavy atom. The number of carbonyl (C=O) groups is 1. The lowest BCUT2D eigenvalue weighted by molar-refractivity contribution is 0.0601. The number of benzene rings is 1. The Balaban J connectivity index is 2.57. The first-order valence-corrected chi connectivity index (χ1v) is 5.15. The maximum atomic E-state index is 11.2. The second-order valence-corrected chi connectivity index (χ2v) is 4.05. The molecule has 3 nitrogen and oxygen atoms in total. The lowest BCUT2D eigenvalue weighted by Gasteiger charge is -1.98. The van der Waals surface area contributed by atoms with E-state index in [0.29, 0.717) is 5.56 Å². The molecular formula is C10H8INO2. The van der Waals surface area contributed by atoms with Gasteiger partial charge in [0.25, 0.3) is 0 Å². The molecule has 0 saturated heterocycles. The number of methoxy groups -OCH3 is 1. The van der Waals surface area contributed by atoms with E-state index < -0.39 is 0 Å². The zero-order chi connectivity index (χ0) is 10.1. The summed E-state index contributed by atoms with van der Waals surface area (Å²) in [4.78, 5) is 14.3. The SMILES string of the molecule is COC(=O)c1ccc2c(I)c[nH]c2c1. The first kappa shape index (κ1) is 9.51. The van der Waals surface area contributed by atoms with Crippen LogP contribution in [0.1, 0.15) is 10.4 Å². The molecule has 0 radical (unpaired) electrons. The molecule has 14 heavy (non-hydrogen) atoms. The second kappa shape index (κ2) is 3.61. The van der Waals surface area contributed by atoms with Crippen molar-refractivity contribution in [2.24, 2.45) is 0 Å². The van der Waals surface area contributed by atoms with Crippen LogP contribution in [0.3, 0.4) is 0 Å². The molecular weight excluding hydrogens is 293 g/mol. The molecule has 2 rings (SSSR count). The van der Waals surface area contributed by atoms with Gasteiger partial charge in [-0.05, 0) is 34.7 Å². The molecule has 1 aromatic heterocycles. The minimum atomic E-state index is -0.309. The molecule has 0 bridgehead atoms. The Morgan fingerprint density at radius 3 is 3.00 bits per heavy atom. The number of halogens is 1. The van der Waals surface area contributed by atoms with Crippen LogP contribution >= 0.6 is 22.6 Å². The molecule has 2 aromatic rings. The highest BCUT2D eigenvalue weighted by atomic mass is 127. The summed E-state index contributed by atoms with van der Waals surface area (Å²) >= 11 is 2.24. The average molecular weight is 301 g/mol. The second-order valence-electron chi connectivity index (χ2n) is 2.89. The number of nitrogens with one attached hydrogen (secondary N) is 1. The van der Waals surface area contributed by atoms with Gasteiger partial charge in [0.2, 0.25) is 0 Å². The Kier molecular flexibility index (Phi) is 2.45. The molecule has 0 unspecified atom stereocenters. The van der Waals surface area contributed by atoms with E-state index in [-0.39, 0.29) is 5.97 Å². The molecule has 4 heteroatoms. The lowest BCUT2D eigenvalue weighted by atomic mass is 10.2. The van der Waals surface area contributed by atoms with E-state index in [0.717, 1.165) is 14.5 Å². The number of hydrogen-bond donors (Lipinski definition) is 1. The van der Waals surface area contributed by atoms with Crippen molar-refractivity contribution in [1.82, 2.24) is 4.98 Å². The molecule has 0 aliphatic rings. The van der Waals surface area contributed by atoms with Crippen molar-refractivity contribution < 1.29 is 9.53 Å². The Bertz CT molecular complexity index is 490. The summed E-state index contributed by atoms with van der Waals surface area (Å²) < 4.78 is 5.78. The topological polar surface area (TPSA) is 42.1 Å². The van der Waals surface area contributed by atoms with Gasteiger partial charge in [-0.25, -0.2) is 4.79 Å². The molecule has 0 atom stereocenters. The summed E-state index contributed by atoms with van der Waals surface area (Å²) in [5, 5.41) is 1.12. The highest BCUT2D eigenvalue weighted by Gasteiger charge is 2.07. The van der Waals surface area contributed by atoms with Crippen LogP contribution in [-0.2, 0) is 4.74 Å². The standard InChI is InChI=1S/C10H8INO2/c1-14-10(13)6-2-3-7-8(11)5-12-9(7)4-6/h2-5,12H,1H3. The Morgan fingerprint density at radius 1 is 1.50 bits per heavy atom. The van der Waals surface area contributed by atoms with E-state index in [9.17, 15) is 4.79 Å². The van der Waals surface area contributed by atoms with E-state index in [1.807, 2.05) is 12.3 Å². The molecule has 0 fully saturated rings. The summed E-state index contributed by atoms with van der Waals surface area (Å²) in [5.41, 5.74) is 1.52. The number of ether oxygens (including phenoxy) is 1. The quantitative estimate of drug-likeness (QED) is 0.650. The number of rotatable bonds is 1. The fourth-order valence-corrected chi connectivity index (χ4v) is 1.96. The average Bonchev–Trinajstić information content (AvgIpc) is 2.59. The third kappa shape index (κ3) is 1.50. The van der Waals surface area contributed by atoms with Gasteiger partial charge in [-0.15, -0.1) is 0 Å². The van der Waals surface area contributed by atoms with Gasteiger partial charge in [-0.3, -0.25) is 0 Å². The first-order chi connectivity index (χ1) is 6.72. The summed E-state index contributed by atoms with van der Waals surface area (Å²) in [6.45, 7) is 0. The van der Waals surface area contributed by atoms with E-state index in [4.69, 9.17) is 0 Å². The van der Waals surface area contributed by atoms with Crippen LogP contribution < -0.4 is 0 Å². The number of carbonyl (C=O) groups excluding carboxylic acids is 1. The van der Waals surface area contributed by atoms with E-state index in [2.05, 4.69) is 32.3 Å². The van der Waals surface area contributed by atoms with Crippen LogP contribution in [0.4, 0.5) is 0 Å². The number of hydrogen-bond acceptors (Lipinski definition) is 2. The fraction of sp³-hybridized carbons (Fsp3) is 0.100. The summed E-state index contributed by atoms with van der Waals surface area (Å²) in [6.07, 6.45) is 1.91. The molecule has 0 aliphatic carbocycles. The smallest absolute Gasteiger partial charge is 0.337 e. The van der Waals surface area contributed by atoms with Crippen molar-refractivity contribution in [2.45, 2.75) is 0 Å². The van der Waals surface area contributed by atoms with Gasteiger partial charge < -0.3 is 9.72 Å². The van der Waals surface area contributed by atoms with Crippen molar-refractivity contribution in [3.05, 3.63) is 33.5 Å². The number of aromatic amines is 1. The van der Waals surface area contributed by atoms with Crippen LogP contribution in [0.2, 0.25) is 0 Å². The highest BCUT2D eigenvalue weighted by Crippen LogP contribution is 2.21. The Hall–Kier alpha value is -1.04. The van der Waals surface area contributed by atoms with Crippen LogP contribution in [0, 0.1) is 3.57 Å². The van der Waals surface area contributed by atoms with Crippen molar-refractivity contribution in [2.75, 3.05) is 7.11 Å². The van der Waals surface area contributed by atoms with Crippen LogP contribution in [0.25, 0.3) is 10.9 Å². The first-order valence-electron chi connectivity index (χ1n) is 4.07. The van der Waals surface area contributed by atoms with Gasteiger partial charge in [-0.1, -0.05) is 6.07 Å². The van der Waals surface area contributed by atoms with Crippen LogP contribution in [0.5, 0.6) is 0 Å². The molecule has 0 amide bonds. The van der Waals surface area contributed by atoms with Gasteiger partial charge in [0.1, 0.15) is 0 Å². The largest absolute Gasteiger partial charge is 0.465 e. The molecule has 0 aliphatic heterocycles. The summed E-state index contributed by atoms with van der Waals surface area (Å²) in [7, 11) is 1.38. The summed E-state index contributed by atoms with van der Waals surface area (Å²) in [6, 6.07) is 5.48. The zero-order valence-corrected chi connectivity index (χ0v) is 9.66. The lowest BCUT2D eigenvalue weighted by Crippen LogP contribution is -2.00. The van der Waals surface area contributed by atoms with Gasteiger partial charge in [0, 0.05) is 20.7 Å². The van der Waals surface area contributed by atoms with Crippen molar-refractivity contribution >= 4 is 39.5 Å². The van der Waals surface area contributed by atoms with Crippen molar-refractivity contribution in [1.29, 1.82) is 0 Å². The predicted molar refractivity (Wildman–Crippen MR) is 62.4 cm³/mol. The molecule has 0 spiro atoms. The normalized spacial score (nSPS) is 10.4. The van der Waals surface area contributed by atoms with E-state index in [1.165, 1.54) is 7.11 Å². The highest BCUT2D eigenvalue weighted by molar-refractivity contribution is 14.1. The maximum absolute atomic E-state index is 11.2. The number of aromatic nitrogens is 1. The zero-order valence-electron chi connectivity index (χ0n) is 7.50. The monoisotopic (exact) mass is 301 g/mol. The van der Waals surface area contributed by atoms with Crippen LogP contribution in [0.15, 0.2) is 24.4 Å². The minimum absolute atomic E-state index is 0.309. The fourth-order valence-electron chi connectivity index (χ4n) is 1.34. The number of fused-ring (bicyclic) bond motifs is 1. The third-order valence-electron chi connectivity index (χ3n) is 2.05. The third-order valence-corrected chi connectivity index (χ3v) is 2.94. The molecule has 1 aromatic carbocycles. The van der Waals surface area contributed by atoms with Crippen molar-refractivity contribution in [3.63, 3.8) is 0 Å². The summed E-state index contributed by atoms with van der Waals surface area (Å²) in [5.74, 6) is -0.309. The van der Waals surface area contributed by atoms with Gasteiger partial charge in [0.15, 0.2) is 0 Å². The Labute approximate surface area is 94.6 Å². The van der Waals surface area contributed by atoms with Crippen LogP contribution in [-0.4, -0.2) is 18.1 Å². The van der Waals surface area contributed by atoms with Crippen molar-refractivity contribution in [3.8, 4) is 0 Å². The van der Waals surface area contributed by atoms with E-state index >= 15 is 0 Å². The minimum Gasteiger partial charge on any atom is -0.465 e. The van der Waals surface area contributed by atoms with E-state index in [1.54, 1.807) is 12.1 Å². The molecule has 0 saturated carbocycles. The molecule has 1 N–H and O–H groups in total. The number of H-pyrrole nitrogens is 1. The van der Waals surface area contributed by atoms with Gasteiger partial charge in [0.05, 0.1) is 12.7 Å². The van der Waals surface area contributed by atoms with Gasteiger partial charge in [-0.2, -0.15) is 0 Å². The molecule has 1 heterocycles. The maximum Gasteiger partial charge on any atom is 0.337 e. The molecule has 72 valence electrons. The predicted octanol–water partition coefficient (Wildman–Crippen LogP) is 2.56. The number of esters is 1. The van der Waals surface area contributed by atoms with Gasteiger partial charge >= 0.3 is 5.97 Å².